The molecule has 0 fully saturated rings. The van der Waals surface area contributed by atoms with E-state index in [1.54, 1.807) is 0 Å². The molecule has 0 amide bonds. The normalized spacial score (nSPS) is 14.1. The Kier molecular flexibility index (Phi) is 3.25. The third-order valence-corrected chi connectivity index (χ3v) is 6.36. The number of hydrogen-bond donors (Lipinski definition) is 0. The van der Waals surface area contributed by atoms with Crippen molar-refractivity contribution in [2.45, 2.75) is 19.3 Å². The van der Waals surface area contributed by atoms with E-state index in [4.69, 9.17) is 0 Å². The van der Waals surface area contributed by atoms with E-state index in [1.807, 2.05) is 24.5 Å². The van der Waals surface area contributed by atoms with Gasteiger partial charge in [-0.25, -0.2) is 0 Å². The van der Waals surface area contributed by atoms with Crippen molar-refractivity contribution in [1.82, 2.24) is 9.97 Å². The van der Waals surface area contributed by atoms with Crippen molar-refractivity contribution in [1.29, 1.82) is 0 Å². The summed E-state index contributed by atoms with van der Waals surface area (Å²) in [6.45, 7) is 4.65. The van der Waals surface area contributed by atoms with Gasteiger partial charge in [-0.05, 0) is 57.6 Å². The fraction of sp³-hybridized carbons (Fsp3) is 0.111. The molecule has 0 unspecified atom stereocenters. The number of fused-ring (bicyclic) bond motifs is 6. The molecule has 29 heavy (non-hydrogen) atoms. The first-order valence-electron chi connectivity index (χ1n) is 10.0. The van der Waals surface area contributed by atoms with E-state index >= 15 is 0 Å². The third kappa shape index (κ3) is 2.23. The van der Waals surface area contributed by atoms with Gasteiger partial charge in [-0.2, -0.15) is 0 Å². The number of pyridine rings is 2. The molecule has 2 heterocycles. The highest BCUT2D eigenvalue weighted by atomic mass is 14.7. The zero-order valence-electron chi connectivity index (χ0n) is 16.5. The summed E-state index contributed by atoms with van der Waals surface area (Å²) in [6.07, 6.45) is 3.69. The molecular formula is C27H20N2. The summed E-state index contributed by atoms with van der Waals surface area (Å²) in [5.41, 5.74) is 9.85. The van der Waals surface area contributed by atoms with Crippen molar-refractivity contribution in [3.63, 3.8) is 0 Å². The van der Waals surface area contributed by atoms with Crippen LogP contribution in [0.4, 0.5) is 0 Å². The van der Waals surface area contributed by atoms with Gasteiger partial charge in [0, 0.05) is 28.6 Å². The Labute approximate surface area is 169 Å². The van der Waals surface area contributed by atoms with Crippen LogP contribution in [-0.2, 0) is 5.41 Å². The predicted molar refractivity (Wildman–Crippen MR) is 120 cm³/mol. The Hall–Kier alpha value is -3.52. The van der Waals surface area contributed by atoms with Crippen LogP contribution >= 0.6 is 0 Å². The Bertz CT molecular complexity index is 1430. The Morgan fingerprint density at radius 2 is 1.38 bits per heavy atom. The fourth-order valence-electron chi connectivity index (χ4n) is 4.89. The number of hydrogen-bond acceptors (Lipinski definition) is 2. The number of nitrogens with zero attached hydrogens (tertiary/aromatic N) is 2. The Morgan fingerprint density at radius 3 is 2.28 bits per heavy atom. The van der Waals surface area contributed by atoms with Crippen LogP contribution in [0, 0.1) is 0 Å². The maximum Gasteiger partial charge on any atom is 0.0970 e. The average Bonchev–Trinajstić information content (AvgIpc) is 3.00. The first-order chi connectivity index (χ1) is 14.1. The van der Waals surface area contributed by atoms with Crippen LogP contribution in [0.2, 0.25) is 0 Å². The smallest absolute Gasteiger partial charge is 0.0970 e. The van der Waals surface area contributed by atoms with Gasteiger partial charge in [0.05, 0.1) is 11.0 Å². The minimum Gasteiger partial charge on any atom is -0.254 e. The lowest BCUT2D eigenvalue weighted by Gasteiger charge is -2.22. The monoisotopic (exact) mass is 372 g/mol. The van der Waals surface area contributed by atoms with Crippen LogP contribution < -0.4 is 0 Å². The summed E-state index contributed by atoms with van der Waals surface area (Å²) in [5.74, 6) is 0. The minimum atomic E-state index is -0.00556. The molecule has 2 aromatic heterocycles. The third-order valence-electron chi connectivity index (χ3n) is 6.36. The van der Waals surface area contributed by atoms with Gasteiger partial charge in [-0.1, -0.05) is 62.4 Å². The fourth-order valence-corrected chi connectivity index (χ4v) is 4.89. The van der Waals surface area contributed by atoms with E-state index in [9.17, 15) is 0 Å². The minimum absolute atomic E-state index is 0.00556. The molecule has 0 radical (unpaired) electrons. The van der Waals surface area contributed by atoms with Crippen molar-refractivity contribution >= 4 is 21.8 Å². The van der Waals surface area contributed by atoms with Crippen LogP contribution in [0.25, 0.3) is 44.1 Å². The molecule has 2 heteroatoms. The number of aromatic nitrogens is 2. The van der Waals surface area contributed by atoms with Gasteiger partial charge in [0.1, 0.15) is 0 Å². The molecule has 138 valence electrons. The maximum absolute atomic E-state index is 4.67. The standard InChI is InChI=1S/C27H20N2/c1-27(2)23-10-4-3-8-19(23)20-12-11-17(16-24(20)27)22-15-18-7-5-13-28-25(18)26-21(22)9-6-14-29-26/h3-16H,1-2H3. The summed E-state index contributed by atoms with van der Waals surface area (Å²) in [6, 6.07) is 26.2. The summed E-state index contributed by atoms with van der Waals surface area (Å²) in [5, 5.41) is 2.27. The number of rotatable bonds is 1. The van der Waals surface area contributed by atoms with Crippen molar-refractivity contribution in [2.75, 3.05) is 0 Å². The van der Waals surface area contributed by atoms with Crippen LogP contribution in [0.3, 0.4) is 0 Å². The molecule has 0 saturated carbocycles. The molecule has 0 bridgehead atoms. The van der Waals surface area contributed by atoms with E-state index in [1.165, 1.54) is 33.4 Å². The van der Waals surface area contributed by atoms with E-state index in [-0.39, 0.29) is 5.41 Å². The van der Waals surface area contributed by atoms with E-state index in [2.05, 4.69) is 84.5 Å². The molecule has 6 rings (SSSR count). The second kappa shape index (κ2) is 5.74. The lowest BCUT2D eigenvalue weighted by Crippen LogP contribution is -2.14. The summed E-state index contributed by atoms with van der Waals surface area (Å²) >= 11 is 0. The zero-order chi connectivity index (χ0) is 19.6. The predicted octanol–water partition coefficient (Wildman–Crippen LogP) is 6.76. The second-order valence-electron chi connectivity index (χ2n) is 8.33. The largest absolute Gasteiger partial charge is 0.254 e. The quantitative estimate of drug-likeness (QED) is 0.304. The summed E-state index contributed by atoms with van der Waals surface area (Å²) in [7, 11) is 0. The topological polar surface area (TPSA) is 25.8 Å². The summed E-state index contributed by atoms with van der Waals surface area (Å²) < 4.78 is 0. The van der Waals surface area contributed by atoms with Crippen LogP contribution in [0.1, 0.15) is 25.0 Å². The van der Waals surface area contributed by atoms with Crippen LogP contribution in [0.15, 0.2) is 85.2 Å². The lowest BCUT2D eigenvalue weighted by molar-refractivity contribution is 0.660. The molecule has 0 saturated heterocycles. The van der Waals surface area contributed by atoms with Crippen LogP contribution in [-0.4, -0.2) is 9.97 Å². The average molecular weight is 372 g/mol. The molecule has 0 N–H and O–H groups in total. The first-order valence-corrected chi connectivity index (χ1v) is 10.0. The van der Waals surface area contributed by atoms with Gasteiger partial charge in [-0.15, -0.1) is 0 Å². The molecular weight excluding hydrogens is 352 g/mol. The first kappa shape index (κ1) is 16.4. The molecule has 5 aromatic rings. The van der Waals surface area contributed by atoms with Gasteiger partial charge < -0.3 is 0 Å². The molecule has 1 aliphatic carbocycles. The summed E-state index contributed by atoms with van der Waals surface area (Å²) in [4.78, 5) is 9.26. The second-order valence-corrected chi connectivity index (χ2v) is 8.33. The van der Waals surface area contributed by atoms with Gasteiger partial charge in [0.25, 0.3) is 0 Å². The van der Waals surface area contributed by atoms with Crippen molar-refractivity contribution in [2.24, 2.45) is 0 Å². The molecule has 0 spiro atoms. The molecule has 2 nitrogen and oxygen atoms in total. The SMILES string of the molecule is CC1(C)c2ccccc2-c2ccc(-c3cc4cccnc4c4ncccc34)cc21. The van der Waals surface area contributed by atoms with E-state index < -0.39 is 0 Å². The van der Waals surface area contributed by atoms with Gasteiger partial charge in [0.2, 0.25) is 0 Å². The Morgan fingerprint density at radius 1 is 0.621 bits per heavy atom. The van der Waals surface area contributed by atoms with Crippen molar-refractivity contribution in [3.8, 4) is 22.3 Å². The van der Waals surface area contributed by atoms with Gasteiger partial charge in [-0.3, -0.25) is 9.97 Å². The lowest BCUT2D eigenvalue weighted by atomic mass is 9.81. The van der Waals surface area contributed by atoms with Gasteiger partial charge >= 0.3 is 0 Å². The van der Waals surface area contributed by atoms with Crippen molar-refractivity contribution in [3.05, 3.63) is 96.3 Å². The van der Waals surface area contributed by atoms with Crippen LogP contribution in [0.5, 0.6) is 0 Å². The molecule has 0 atom stereocenters. The highest BCUT2D eigenvalue weighted by Crippen LogP contribution is 2.49. The number of benzene rings is 3. The van der Waals surface area contributed by atoms with E-state index in [0.717, 1.165) is 21.8 Å². The van der Waals surface area contributed by atoms with Crippen molar-refractivity contribution < 1.29 is 0 Å². The Balaban J connectivity index is 1.65. The molecule has 3 aromatic carbocycles. The van der Waals surface area contributed by atoms with Gasteiger partial charge in [0.15, 0.2) is 0 Å². The van der Waals surface area contributed by atoms with E-state index in [0.29, 0.717) is 0 Å². The molecule has 1 aliphatic rings. The molecule has 0 aliphatic heterocycles. The highest BCUT2D eigenvalue weighted by molar-refractivity contribution is 6.10. The maximum atomic E-state index is 4.67. The zero-order valence-corrected chi connectivity index (χ0v) is 16.5. The highest BCUT2D eigenvalue weighted by Gasteiger charge is 2.35.